The van der Waals surface area contributed by atoms with Crippen LogP contribution in [0.5, 0.6) is 0 Å². The summed E-state index contributed by atoms with van der Waals surface area (Å²) in [6.45, 7) is 5.21. The van der Waals surface area contributed by atoms with Gasteiger partial charge in [-0.2, -0.15) is 0 Å². The lowest BCUT2D eigenvalue weighted by Crippen LogP contribution is -2.40. The highest BCUT2D eigenvalue weighted by Gasteiger charge is 2.24. The molecule has 23 heavy (non-hydrogen) atoms. The summed E-state index contributed by atoms with van der Waals surface area (Å²) in [5, 5.41) is -0.0575. The van der Waals surface area contributed by atoms with Gasteiger partial charge in [-0.05, 0) is 18.9 Å². The molecule has 0 radical (unpaired) electrons. The van der Waals surface area contributed by atoms with Crippen molar-refractivity contribution in [1.82, 2.24) is 9.80 Å². The van der Waals surface area contributed by atoms with Crippen molar-refractivity contribution in [2.45, 2.75) is 24.3 Å². The largest absolute Gasteiger partial charge is 0.369 e. The Bertz CT molecular complexity index is 524. The third kappa shape index (κ3) is 5.88. The molecule has 2 amide bonds. The summed E-state index contributed by atoms with van der Waals surface area (Å²) in [6, 6.07) is 10.2. The van der Waals surface area contributed by atoms with Gasteiger partial charge in [0.15, 0.2) is 0 Å². The lowest BCUT2D eigenvalue weighted by Gasteiger charge is -2.24. The number of nitrogens with zero attached hydrogens (tertiary/aromatic N) is 2. The van der Waals surface area contributed by atoms with E-state index in [9.17, 15) is 9.59 Å². The van der Waals surface area contributed by atoms with E-state index in [-0.39, 0.29) is 23.6 Å². The number of hydrogen-bond donors (Lipinski definition) is 1. The van der Waals surface area contributed by atoms with E-state index in [1.165, 1.54) is 5.56 Å². The fraction of sp³-hybridized carbons (Fsp3) is 0.529. The zero-order valence-electron chi connectivity index (χ0n) is 13.6. The highest BCUT2D eigenvalue weighted by molar-refractivity contribution is 7.99. The van der Waals surface area contributed by atoms with Crippen LogP contribution >= 0.6 is 11.8 Å². The molecular weight excluding hydrogens is 310 g/mol. The van der Waals surface area contributed by atoms with Crippen LogP contribution in [0.25, 0.3) is 0 Å². The van der Waals surface area contributed by atoms with Gasteiger partial charge in [-0.3, -0.25) is 14.5 Å². The van der Waals surface area contributed by atoms with E-state index < -0.39 is 0 Å². The van der Waals surface area contributed by atoms with Crippen LogP contribution < -0.4 is 5.73 Å². The molecule has 1 aliphatic heterocycles. The van der Waals surface area contributed by atoms with Gasteiger partial charge in [0.1, 0.15) is 0 Å². The first-order valence-electron chi connectivity index (χ1n) is 8.01. The molecule has 1 unspecified atom stereocenters. The van der Waals surface area contributed by atoms with Crippen LogP contribution in [-0.4, -0.2) is 59.6 Å². The number of rotatable bonds is 6. The molecule has 2 rings (SSSR count). The van der Waals surface area contributed by atoms with Gasteiger partial charge >= 0.3 is 0 Å². The molecule has 1 atom stereocenters. The lowest BCUT2D eigenvalue weighted by molar-refractivity contribution is -0.130. The fourth-order valence-electron chi connectivity index (χ4n) is 2.69. The Morgan fingerprint density at radius 3 is 2.61 bits per heavy atom. The number of hydrogen-bond acceptors (Lipinski definition) is 4. The Morgan fingerprint density at radius 2 is 1.91 bits per heavy atom. The van der Waals surface area contributed by atoms with Crippen LogP contribution in [0.1, 0.15) is 18.9 Å². The van der Waals surface area contributed by atoms with E-state index in [4.69, 9.17) is 5.73 Å². The zero-order chi connectivity index (χ0) is 16.7. The third-order valence-corrected chi connectivity index (χ3v) is 5.17. The molecule has 0 bridgehead atoms. The highest BCUT2D eigenvalue weighted by Crippen LogP contribution is 2.20. The van der Waals surface area contributed by atoms with Crippen LogP contribution in [0.2, 0.25) is 0 Å². The smallest absolute Gasteiger partial charge is 0.235 e. The minimum absolute atomic E-state index is 0.0575. The van der Waals surface area contributed by atoms with Crippen LogP contribution in [-0.2, 0) is 15.3 Å². The van der Waals surface area contributed by atoms with Crippen LogP contribution in [0.3, 0.4) is 0 Å². The zero-order valence-corrected chi connectivity index (χ0v) is 14.4. The second kappa shape index (κ2) is 8.93. The maximum atomic E-state index is 12.6. The van der Waals surface area contributed by atoms with E-state index >= 15 is 0 Å². The molecule has 2 N–H and O–H groups in total. The van der Waals surface area contributed by atoms with Crippen molar-refractivity contribution in [3.8, 4) is 0 Å². The molecule has 0 aliphatic carbocycles. The molecule has 1 heterocycles. The minimum Gasteiger partial charge on any atom is -0.369 e. The van der Waals surface area contributed by atoms with Crippen molar-refractivity contribution < 1.29 is 9.59 Å². The first-order chi connectivity index (χ1) is 11.1. The predicted molar refractivity (Wildman–Crippen MR) is 94.0 cm³/mol. The molecule has 0 saturated carbocycles. The van der Waals surface area contributed by atoms with Crippen LogP contribution in [0.15, 0.2) is 30.3 Å². The van der Waals surface area contributed by atoms with Crippen LogP contribution in [0.4, 0.5) is 0 Å². The summed E-state index contributed by atoms with van der Waals surface area (Å²) in [7, 11) is 0. The standard InChI is InChI=1S/C17H25N3O2S/c1-14(23-13-15-6-3-2-4-7-15)17(22)20-9-5-8-19(10-11-20)12-16(18)21/h2-4,6-7,14H,5,8-13H2,1H3,(H2,18,21). The number of thioether (sulfide) groups is 1. The Morgan fingerprint density at radius 1 is 1.17 bits per heavy atom. The lowest BCUT2D eigenvalue weighted by atomic mass is 10.2. The fourth-order valence-corrected chi connectivity index (χ4v) is 3.62. The number of primary amides is 1. The van der Waals surface area contributed by atoms with E-state index in [1.807, 2.05) is 34.9 Å². The van der Waals surface area contributed by atoms with E-state index in [1.54, 1.807) is 11.8 Å². The quantitative estimate of drug-likeness (QED) is 0.852. The van der Waals surface area contributed by atoms with Gasteiger partial charge in [-0.1, -0.05) is 30.3 Å². The topological polar surface area (TPSA) is 66.6 Å². The SMILES string of the molecule is CC(SCc1ccccc1)C(=O)N1CCCN(CC(N)=O)CC1. The molecule has 6 heteroatoms. The summed E-state index contributed by atoms with van der Waals surface area (Å²) < 4.78 is 0. The van der Waals surface area contributed by atoms with Gasteiger partial charge in [0, 0.05) is 31.9 Å². The molecule has 0 spiro atoms. The number of carbonyl (C=O) groups is 2. The minimum atomic E-state index is -0.309. The maximum absolute atomic E-state index is 12.6. The normalized spacial score (nSPS) is 17.5. The monoisotopic (exact) mass is 335 g/mol. The maximum Gasteiger partial charge on any atom is 0.235 e. The van der Waals surface area contributed by atoms with Crippen LogP contribution in [0, 0.1) is 0 Å². The van der Waals surface area contributed by atoms with Crippen molar-refractivity contribution in [3.05, 3.63) is 35.9 Å². The molecule has 1 aromatic carbocycles. The van der Waals surface area contributed by atoms with Gasteiger partial charge in [-0.15, -0.1) is 11.8 Å². The number of nitrogens with two attached hydrogens (primary N) is 1. The first kappa shape index (κ1) is 17.8. The van der Waals surface area contributed by atoms with Crippen molar-refractivity contribution >= 4 is 23.6 Å². The summed E-state index contributed by atoms with van der Waals surface area (Å²) in [4.78, 5) is 27.6. The van der Waals surface area contributed by atoms with Gasteiger partial charge in [0.2, 0.25) is 11.8 Å². The molecule has 5 nitrogen and oxygen atoms in total. The van der Waals surface area contributed by atoms with Gasteiger partial charge in [-0.25, -0.2) is 0 Å². The Balaban J connectivity index is 1.81. The van der Waals surface area contributed by atoms with E-state index in [0.29, 0.717) is 13.1 Å². The second-order valence-electron chi connectivity index (χ2n) is 5.86. The number of carbonyl (C=O) groups excluding carboxylic acids is 2. The predicted octanol–water partition coefficient (Wildman–Crippen LogP) is 1.33. The van der Waals surface area contributed by atoms with Crippen molar-refractivity contribution in [3.63, 3.8) is 0 Å². The molecular formula is C17H25N3O2S. The molecule has 1 aromatic rings. The Labute approximate surface area is 142 Å². The molecule has 126 valence electrons. The molecule has 1 saturated heterocycles. The highest BCUT2D eigenvalue weighted by atomic mass is 32.2. The van der Waals surface area contributed by atoms with E-state index in [0.717, 1.165) is 25.3 Å². The third-order valence-electron chi connectivity index (χ3n) is 3.97. The van der Waals surface area contributed by atoms with Crippen molar-refractivity contribution in [1.29, 1.82) is 0 Å². The molecule has 0 aromatic heterocycles. The summed E-state index contributed by atoms with van der Waals surface area (Å²) >= 11 is 1.67. The average Bonchev–Trinajstić information content (AvgIpc) is 2.78. The van der Waals surface area contributed by atoms with Gasteiger partial charge in [0.25, 0.3) is 0 Å². The summed E-state index contributed by atoms with van der Waals surface area (Å²) in [6.07, 6.45) is 0.884. The van der Waals surface area contributed by atoms with Crippen molar-refractivity contribution in [2.75, 3.05) is 32.7 Å². The first-order valence-corrected chi connectivity index (χ1v) is 9.06. The van der Waals surface area contributed by atoms with Gasteiger partial charge < -0.3 is 10.6 Å². The Kier molecular flexibility index (Phi) is 6.92. The Hall–Kier alpha value is -1.53. The van der Waals surface area contributed by atoms with E-state index in [2.05, 4.69) is 12.1 Å². The summed E-state index contributed by atoms with van der Waals surface area (Å²) in [5.41, 5.74) is 6.48. The summed E-state index contributed by atoms with van der Waals surface area (Å²) in [5.74, 6) is 0.721. The molecule has 1 aliphatic rings. The number of amides is 2. The average molecular weight is 335 g/mol. The number of benzene rings is 1. The van der Waals surface area contributed by atoms with Crippen molar-refractivity contribution in [2.24, 2.45) is 5.73 Å². The van der Waals surface area contributed by atoms with Gasteiger partial charge in [0.05, 0.1) is 11.8 Å². The second-order valence-corrected chi connectivity index (χ2v) is 7.19. The molecule has 1 fully saturated rings.